The second-order valence-corrected chi connectivity index (χ2v) is 0. The molecule has 0 aromatic rings. The van der Waals surface area contributed by atoms with Crippen molar-refractivity contribution >= 4 is 10.1 Å². The molecule has 30 valence electrons. The third-order valence-corrected chi connectivity index (χ3v) is 0. The van der Waals surface area contributed by atoms with Gasteiger partial charge in [-0.1, -0.05) is 0 Å². The summed E-state index contributed by atoms with van der Waals surface area (Å²) in [7, 11) is 0.611. The minimum absolute atomic E-state index is 0. The molecule has 4 heavy (non-hydrogen) atoms. The van der Waals surface area contributed by atoms with Crippen LogP contribution in [0.1, 0.15) is 0 Å². The Balaban J connectivity index is -0.00000000500. The van der Waals surface area contributed by atoms with Crippen LogP contribution >= 0.6 is 0 Å². The molecule has 0 aromatic carbocycles. The third-order valence-electron chi connectivity index (χ3n) is 0. The zero-order chi connectivity index (χ0) is 2.00. The SMILES string of the molecule is O=[SiH2].[Cu].[Mn]. The molecule has 0 unspecified atom stereocenters. The molecule has 0 aromatic heterocycles. The van der Waals surface area contributed by atoms with Crippen LogP contribution in [0.25, 0.3) is 0 Å². The van der Waals surface area contributed by atoms with E-state index in [1.165, 1.54) is 0 Å². The molecule has 2 radical (unpaired) electrons. The molecule has 1 nitrogen and oxygen atoms in total. The Bertz CT molecular complexity index is 8.00. The predicted octanol–water partition coefficient (Wildman–Crippen LogP) is -1.04. The molecule has 0 amide bonds. The molecule has 0 N–H and O–H groups in total. The molecular weight excluding hydrogens is 163 g/mol. The van der Waals surface area contributed by atoms with Crippen LogP contribution in [0.15, 0.2) is 0 Å². The first-order valence-electron chi connectivity index (χ1n) is 0.289. The number of rotatable bonds is 0. The minimum Gasteiger partial charge on any atom is -0.396 e. The molecule has 0 aliphatic heterocycles. The van der Waals surface area contributed by atoms with Crippen LogP contribution in [-0.2, 0) is 38.6 Å². The van der Waals surface area contributed by atoms with E-state index in [2.05, 4.69) is 0 Å². The fourth-order valence-corrected chi connectivity index (χ4v) is 0. The van der Waals surface area contributed by atoms with E-state index in [0.29, 0.717) is 10.1 Å². The van der Waals surface area contributed by atoms with Crippen LogP contribution in [0, 0.1) is 0 Å². The Labute approximate surface area is 49.0 Å². The van der Waals surface area contributed by atoms with Crippen LogP contribution < -0.4 is 0 Å². The first-order chi connectivity index (χ1) is 1.00. The zero-order valence-corrected chi connectivity index (χ0v) is 5.33. The summed E-state index contributed by atoms with van der Waals surface area (Å²) < 4.78 is 8.28. The van der Waals surface area contributed by atoms with Crippen molar-refractivity contribution in [3.05, 3.63) is 0 Å². The van der Waals surface area contributed by atoms with Gasteiger partial charge in [0.05, 0.1) is 0 Å². The second kappa shape index (κ2) is 34.0. The van der Waals surface area contributed by atoms with Gasteiger partial charge in [0.2, 0.25) is 10.1 Å². The van der Waals surface area contributed by atoms with E-state index >= 15 is 0 Å². The summed E-state index contributed by atoms with van der Waals surface area (Å²) in [5.74, 6) is 0. The quantitative estimate of drug-likeness (QED) is 0.418. The van der Waals surface area contributed by atoms with Crippen LogP contribution in [0.3, 0.4) is 0 Å². The van der Waals surface area contributed by atoms with E-state index < -0.39 is 0 Å². The Morgan fingerprint density at radius 2 is 1.25 bits per heavy atom. The van der Waals surface area contributed by atoms with Gasteiger partial charge in [0, 0.05) is 34.1 Å². The van der Waals surface area contributed by atoms with Gasteiger partial charge in [0.15, 0.2) is 0 Å². The predicted molar refractivity (Wildman–Crippen MR) is 9.23 cm³/mol. The standard InChI is InChI=1S/Cu.Mn.H2OSi/c;;1-2/h;;2H2. The second-order valence-electron chi connectivity index (χ2n) is 0. The minimum atomic E-state index is 0. The van der Waals surface area contributed by atoms with Gasteiger partial charge in [-0.25, -0.2) is 0 Å². The van der Waals surface area contributed by atoms with Gasteiger partial charge in [-0.05, 0) is 0 Å². The van der Waals surface area contributed by atoms with Gasteiger partial charge in [0.25, 0.3) is 0 Å². The first kappa shape index (κ1) is 19.7. The monoisotopic (exact) mass is 164 g/mol. The van der Waals surface area contributed by atoms with Crippen LogP contribution in [-0.4, -0.2) is 10.1 Å². The molecular formula is H2CuMnOSi. The van der Waals surface area contributed by atoms with Crippen molar-refractivity contribution in [2.75, 3.05) is 0 Å². The average molecular weight is 165 g/mol. The summed E-state index contributed by atoms with van der Waals surface area (Å²) in [5.41, 5.74) is 0. The van der Waals surface area contributed by atoms with Gasteiger partial charge < -0.3 is 4.46 Å². The molecule has 0 heterocycles. The molecule has 0 fully saturated rings. The van der Waals surface area contributed by atoms with E-state index in [4.69, 9.17) is 4.46 Å². The van der Waals surface area contributed by atoms with Gasteiger partial charge >= 0.3 is 0 Å². The average Bonchev–Trinajstić information content (AvgIpc) is 1.00. The summed E-state index contributed by atoms with van der Waals surface area (Å²) in [5, 5.41) is 0. The van der Waals surface area contributed by atoms with E-state index in [1.54, 1.807) is 0 Å². The van der Waals surface area contributed by atoms with Crippen LogP contribution in [0.2, 0.25) is 0 Å². The van der Waals surface area contributed by atoms with Gasteiger partial charge in [-0.15, -0.1) is 0 Å². The van der Waals surface area contributed by atoms with E-state index in [0.717, 1.165) is 0 Å². The summed E-state index contributed by atoms with van der Waals surface area (Å²) in [6.45, 7) is 0. The number of hydrogen-bond acceptors (Lipinski definition) is 1. The van der Waals surface area contributed by atoms with E-state index in [1.807, 2.05) is 0 Å². The van der Waals surface area contributed by atoms with Gasteiger partial charge in [0.1, 0.15) is 0 Å². The summed E-state index contributed by atoms with van der Waals surface area (Å²) in [6.07, 6.45) is 0. The number of hydrogen-bond donors (Lipinski definition) is 0. The molecule has 0 saturated heterocycles. The Morgan fingerprint density at radius 3 is 1.25 bits per heavy atom. The molecule has 0 saturated carbocycles. The molecule has 0 aliphatic rings. The van der Waals surface area contributed by atoms with Gasteiger partial charge in [-0.3, -0.25) is 0 Å². The summed E-state index contributed by atoms with van der Waals surface area (Å²) in [4.78, 5) is 0. The Kier molecular flexibility index (Phi) is 167. The summed E-state index contributed by atoms with van der Waals surface area (Å²) in [6, 6.07) is 0. The van der Waals surface area contributed by atoms with Gasteiger partial charge in [-0.2, -0.15) is 0 Å². The smallest absolute Gasteiger partial charge is 0.245 e. The topological polar surface area (TPSA) is 17.1 Å². The normalized spacial score (nSPS) is 1.00. The van der Waals surface area contributed by atoms with E-state index in [9.17, 15) is 0 Å². The molecule has 0 aliphatic carbocycles. The Morgan fingerprint density at radius 1 is 1.25 bits per heavy atom. The Hall–Kier alpha value is 1.06. The first-order valence-corrected chi connectivity index (χ1v) is 0.866. The van der Waals surface area contributed by atoms with Crippen LogP contribution in [0.4, 0.5) is 0 Å². The van der Waals surface area contributed by atoms with Crippen molar-refractivity contribution in [1.29, 1.82) is 0 Å². The largest absolute Gasteiger partial charge is 0.396 e. The molecule has 0 bridgehead atoms. The maximum Gasteiger partial charge on any atom is 0.245 e. The zero-order valence-electron chi connectivity index (χ0n) is 1.79. The fraction of sp³-hybridized carbons (Fsp3) is 0. The molecule has 0 rings (SSSR count). The fourth-order valence-electron chi connectivity index (χ4n) is 0. The molecule has 0 spiro atoms. The van der Waals surface area contributed by atoms with Crippen molar-refractivity contribution in [2.45, 2.75) is 0 Å². The maximum absolute atomic E-state index is 8.28. The molecule has 4 heteroatoms. The van der Waals surface area contributed by atoms with Crippen molar-refractivity contribution in [3.63, 3.8) is 0 Å². The van der Waals surface area contributed by atoms with Crippen molar-refractivity contribution < 1.29 is 38.6 Å². The molecule has 0 atom stereocenters. The maximum atomic E-state index is 8.28. The van der Waals surface area contributed by atoms with Crippen molar-refractivity contribution in [3.8, 4) is 0 Å². The van der Waals surface area contributed by atoms with Crippen molar-refractivity contribution in [2.24, 2.45) is 0 Å². The third kappa shape index (κ3) is 11.6. The van der Waals surface area contributed by atoms with Crippen LogP contribution in [0.5, 0.6) is 0 Å². The summed E-state index contributed by atoms with van der Waals surface area (Å²) >= 11 is 0. The van der Waals surface area contributed by atoms with E-state index in [-0.39, 0.29) is 34.1 Å². The van der Waals surface area contributed by atoms with Crippen molar-refractivity contribution in [1.82, 2.24) is 0 Å².